The summed E-state index contributed by atoms with van der Waals surface area (Å²) in [5.41, 5.74) is 1.47. The number of aromatic amines is 1. The molecule has 0 aliphatic heterocycles. The van der Waals surface area contributed by atoms with Crippen LogP contribution in [0.2, 0.25) is 0 Å². The SMILES string of the molecule is CCN(CC(C)(C)O)C(=O)C1CCc2cn[nH]c2C1. The summed E-state index contributed by atoms with van der Waals surface area (Å²) < 4.78 is 0. The van der Waals surface area contributed by atoms with E-state index in [-0.39, 0.29) is 11.8 Å². The van der Waals surface area contributed by atoms with Crippen molar-refractivity contribution in [3.05, 3.63) is 17.5 Å². The molecule has 0 fully saturated rings. The Bertz CT molecular complexity index is 448. The van der Waals surface area contributed by atoms with Gasteiger partial charge in [0.15, 0.2) is 0 Å². The van der Waals surface area contributed by atoms with Crippen molar-refractivity contribution in [2.45, 2.75) is 45.6 Å². The van der Waals surface area contributed by atoms with Crippen LogP contribution in [0.15, 0.2) is 6.20 Å². The molecule has 2 N–H and O–H groups in total. The summed E-state index contributed by atoms with van der Waals surface area (Å²) in [4.78, 5) is 14.3. The van der Waals surface area contributed by atoms with E-state index >= 15 is 0 Å². The number of aryl methyl sites for hydroxylation is 1. The van der Waals surface area contributed by atoms with Crippen molar-refractivity contribution < 1.29 is 9.90 Å². The number of hydrogen-bond acceptors (Lipinski definition) is 3. The molecule has 1 heterocycles. The number of amides is 1. The molecule has 5 heteroatoms. The summed E-state index contributed by atoms with van der Waals surface area (Å²) in [6, 6.07) is 0. The van der Waals surface area contributed by atoms with Gasteiger partial charge in [-0.15, -0.1) is 0 Å². The summed E-state index contributed by atoms with van der Waals surface area (Å²) in [5.74, 6) is 0.153. The molecule has 0 radical (unpaired) electrons. The average molecular weight is 265 g/mol. The Balaban J connectivity index is 2.03. The summed E-state index contributed by atoms with van der Waals surface area (Å²) in [5, 5.41) is 16.9. The molecular formula is C14H23N3O2. The van der Waals surface area contributed by atoms with Crippen LogP contribution in [-0.4, -0.2) is 44.8 Å². The van der Waals surface area contributed by atoms with Gasteiger partial charge in [0, 0.05) is 31.1 Å². The van der Waals surface area contributed by atoms with Gasteiger partial charge in [-0.05, 0) is 39.2 Å². The third kappa shape index (κ3) is 3.35. The summed E-state index contributed by atoms with van der Waals surface area (Å²) in [6.07, 6.45) is 4.36. The highest BCUT2D eigenvalue weighted by molar-refractivity contribution is 5.79. The molecular weight excluding hydrogens is 242 g/mol. The Kier molecular flexibility index (Phi) is 3.94. The second-order valence-corrected chi connectivity index (χ2v) is 5.98. The van der Waals surface area contributed by atoms with E-state index in [0.29, 0.717) is 13.1 Å². The number of aliphatic hydroxyl groups is 1. The highest BCUT2D eigenvalue weighted by Crippen LogP contribution is 2.25. The van der Waals surface area contributed by atoms with E-state index in [2.05, 4.69) is 10.2 Å². The van der Waals surface area contributed by atoms with Crippen molar-refractivity contribution in [1.82, 2.24) is 15.1 Å². The summed E-state index contributed by atoms with van der Waals surface area (Å²) in [7, 11) is 0. The first-order valence-electron chi connectivity index (χ1n) is 6.93. The minimum absolute atomic E-state index is 0.00949. The maximum atomic E-state index is 12.5. The van der Waals surface area contributed by atoms with E-state index in [9.17, 15) is 9.90 Å². The van der Waals surface area contributed by atoms with Crippen molar-refractivity contribution in [3.63, 3.8) is 0 Å². The number of nitrogens with zero attached hydrogens (tertiary/aromatic N) is 2. The molecule has 1 aromatic rings. The Morgan fingerprint density at radius 2 is 2.37 bits per heavy atom. The largest absolute Gasteiger partial charge is 0.389 e. The predicted octanol–water partition coefficient (Wildman–Crippen LogP) is 1.13. The van der Waals surface area contributed by atoms with Crippen molar-refractivity contribution in [2.24, 2.45) is 5.92 Å². The third-order valence-corrected chi connectivity index (χ3v) is 3.64. The van der Waals surface area contributed by atoms with Gasteiger partial charge in [-0.1, -0.05) is 0 Å². The van der Waals surface area contributed by atoms with Crippen LogP contribution in [0.5, 0.6) is 0 Å². The fourth-order valence-corrected chi connectivity index (χ4v) is 2.69. The van der Waals surface area contributed by atoms with Gasteiger partial charge in [-0.2, -0.15) is 5.10 Å². The molecule has 1 unspecified atom stereocenters. The van der Waals surface area contributed by atoms with Crippen LogP contribution in [-0.2, 0) is 17.6 Å². The number of H-pyrrole nitrogens is 1. The van der Waals surface area contributed by atoms with Gasteiger partial charge in [0.25, 0.3) is 0 Å². The maximum absolute atomic E-state index is 12.5. The molecule has 1 atom stereocenters. The third-order valence-electron chi connectivity index (χ3n) is 3.64. The highest BCUT2D eigenvalue weighted by atomic mass is 16.3. The van der Waals surface area contributed by atoms with Crippen LogP contribution in [0.4, 0.5) is 0 Å². The predicted molar refractivity (Wildman–Crippen MR) is 72.7 cm³/mol. The lowest BCUT2D eigenvalue weighted by atomic mass is 9.87. The lowest BCUT2D eigenvalue weighted by molar-refractivity contribution is -0.138. The van der Waals surface area contributed by atoms with Crippen molar-refractivity contribution in [2.75, 3.05) is 13.1 Å². The fraction of sp³-hybridized carbons (Fsp3) is 0.714. The quantitative estimate of drug-likeness (QED) is 0.857. The molecule has 1 amide bonds. The topological polar surface area (TPSA) is 69.2 Å². The zero-order valence-electron chi connectivity index (χ0n) is 11.9. The van der Waals surface area contributed by atoms with Gasteiger partial charge >= 0.3 is 0 Å². The molecule has 1 aliphatic rings. The number of carbonyl (C=O) groups is 1. The molecule has 1 aromatic heterocycles. The van der Waals surface area contributed by atoms with E-state index in [1.165, 1.54) is 5.56 Å². The molecule has 19 heavy (non-hydrogen) atoms. The first-order valence-corrected chi connectivity index (χ1v) is 6.93. The van der Waals surface area contributed by atoms with Crippen LogP contribution in [0.25, 0.3) is 0 Å². The molecule has 5 nitrogen and oxygen atoms in total. The number of fused-ring (bicyclic) bond motifs is 1. The number of rotatable bonds is 4. The summed E-state index contributed by atoms with van der Waals surface area (Å²) in [6.45, 7) is 6.44. The van der Waals surface area contributed by atoms with Crippen molar-refractivity contribution in [1.29, 1.82) is 0 Å². The first-order chi connectivity index (χ1) is 8.90. The van der Waals surface area contributed by atoms with Crippen LogP contribution < -0.4 is 0 Å². The average Bonchev–Trinajstić information content (AvgIpc) is 2.81. The molecule has 0 bridgehead atoms. The summed E-state index contributed by atoms with van der Waals surface area (Å²) >= 11 is 0. The number of likely N-dealkylation sites (N-methyl/N-ethyl adjacent to an activating group) is 1. The van der Waals surface area contributed by atoms with Gasteiger partial charge in [-0.25, -0.2) is 0 Å². The van der Waals surface area contributed by atoms with E-state index in [0.717, 1.165) is 25.0 Å². The Labute approximate surface area is 114 Å². The molecule has 106 valence electrons. The Morgan fingerprint density at radius 3 is 3.00 bits per heavy atom. The van der Waals surface area contributed by atoms with E-state index in [1.54, 1.807) is 18.7 Å². The Morgan fingerprint density at radius 1 is 1.63 bits per heavy atom. The van der Waals surface area contributed by atoms with Crippen LogP contribution in [0.1, 0.15) is 38.4 Å². The van der Waals surface area contributed by atoms with Gasteiger partial charge in [0.1, 0.15) is 0 Å². The van der Waals surface area contributed by atoms with Gasteiger partial charge in [-0.3, -0.25) is 9.89 Å². The zero-order chi connectivity index (χ0) is 14.0. The van der Waals surface area contributed by atoms with E-state index in [1.807, 2.05) is 13.1 Å². The van der Waals surface area contributed by atoms with Gasteiger partial charge in [0.05, 0.1) is 11.8 Å². The fourth-order valence-electron chi connectivity index (χ4n) is 2.69. The van der Waals surface area contributed by atoms with Crippen LogP contribution in [0.3, 0.4) is 0 Å². The minimum atomic E-state index is -0.848. The van der Waals surface area contributed by atoms with E-state index in [4.69, 9.17) is 0 Å². The first kappa shape index (κ1) is 14.1. The molecule has 0 saturated carbocycles. The molecule has 0 spiro atoms. The van der Waals surface area contributed by atoms with Crippen molar-refractivity contribution >= 4 is 5.91 Å². The number of nitrogens with one attached hydrogen (secondary N) is 1. The second-order valence-electron chi connectivity index (χ2n) is 5.98. The minimum Gasteiger partial charge on any atom is -0.389 e. The number of hydrogen-bond donors (Lipinski definition) is 2. The monoisotopic (exact) mass is 265 g/mol. The second kappa shape index (κ2) is 5.33. The van der Waals surface area contributed by atoms with Crippen molar-refractivity contribution in [3.8, 4) is 0 Å². The number of carbonyl (C=O) groups excluding carboxylic acids is 1. The van der Waals surface area contributed by atoms with E-state index < -0.39 is 5.60 Å². The maximum Gasteiger partial charge on any atom is 0.226 e. The normalized spacial score (nSPS) is 19.1. The highest BCUT2D eigenvalue weighted by Gasteiger charge is 2.30. The molecule has 2 rings (SSSR count). The molecule has 1 aliphatic carbocycles. The molecule has 0 saturated heterocycles. The lowest BCUT2D eigenvalue weighted by Gasteiger charge is -2.32. The lowest BCUT2D eigenvalue weighted by Crippen LogP contribution is -2.45. The smallest absolute Gasteiger partial charge is 0.226 e. The van der Waals surface area contributed by atoms with Gasteiger partial charge in [0.2, 0.25) is 5.91 Å². The number of aromatic nitrogens is 2. The standard InChI is InChI=1S/C14H23N3O2/c1-4-17(9-14(2,3)19)13(18)10-5-6-11-8-15-16-12(11)7-10/h8,10,19H,4-7,9H2,1-3H3,(H,15,16). The zero-order valence-corrected chi connectivity index (χ0v) is 11.9. The molecule has 0 aromatic carbocycles. The van der Waals surface area contributed by atoms with Crippen LogP contribution in [0, 0.1) is 5.92 Å². The Hall–Kier alpha value is -1.36. The van der Waals surface area contributed by atoms with Crippen LogP contribution >= 0.6 is 0 Å². The van der Waals surface area contributed by atoms with Gasteiger partial charge < -0.3 is 10.0 Å².